The van der Waals surface area contributed by atoms with Gasteiger partial charge in [0.2, 0.25) is 0 Å². The maximum absolute atomic E-state index is 13.1. The number of alkyl halides is 3. The number of carbonyl (C=O) groups excluding carboxylic acids is 1. The standard InChI is InChI=1S/C27H29F3N6O4/c1-24(2,38)20-10-33-22(11-32-20)36-14-26(40-23(36)37)7-6-21(39-15-27(28,29)30)25(3,12-26)13-35-16-34-18-5-4-17(9-31)8-19(18)35/h4-5,8,10-11,16,21,38H,6-7,12-15H2,1-3H3/t21?,25-,26-/m0/s1. The number of hydrogen-bond acceptors (Lipinski definition) is 8. The van der Waals surface area contributed by atoms with Crippen LogP contribution < -0.4 is 4.90 Å². The van der Waals surface area contributed by atoms with E-state index in [0.717, 1.165) is 0 Å². The lowest BCUT2D eigenvalue weighted by molar-refractivity contribution is -0.211. The molecule has 3 heterocycles. The minimum atomic E-state index is -4.50. The van der Waals surface area contributed by atoms with Crippen molar-refractivity contribution in [2.24, 2.45) is 5.41 Å². The molecule has 1 unspecified atom stereocenters. The number of carbonyl (C=O) groups is 1. The molecule has 1 N–H and O–H groups in total. The SMILES string of the molecule is CC(C)(O)c1cnc(N2C[C@@]3(CCC(OCC(F)(F)F)[C@](C)(Cn4cnc5ccc(C#N)cc54)C3)OC2=O)cn1. The molecule has 0 bridgehead atoms. The van der Waals surface area contributed by atoms with Crippen LogP contribution in [0.3, 0.4) is 0 Å². The molecule has 1 spiro atoms. The zero-order chi connectivity index (χ0) is 28.9. The van der Waals surface area contributed by atoms with E-state index in [1.807, 2.05) is 6.92 Å². The zero-order valence-corrected chi connectivity index (χ0v) is 22.3. The van der Waals surface area contributed by atoms with Gasteiger partial charge in [-0.15, -0.1) is 0 Å². The van der Waals surface area contributed by atoms with E-state index >= 15 is 0 Å². The smallest absolute Gasteiger partial charge is 0.416 e. The van der Waals surface area contributed by atoms with Gasteiger partial charge in [0.05, 0.1) is 59.7 Å². The number of imidazole rings is 1. The van der Waals surface area contributed by atoms with Gasteiger partial charge < -0.3 is 19.1 Å². The lowest BCUT2D eigenvalue weighted by Gasteiger charge is -2.48. The number of nitrogens with zero attached hydrogens (tertiary/aromatic N) is 6. The Kier molecular flexibility index (Phi) is 6.74. The second-order valence-electron chi connectivity index (χ2n) is 11.4. The van der Waals surface area contributed by atoms with Crippen molar-refractivity contribution in [3.05, 3.63) is 48.2 Å². The van der Waals surface area contributed by atoms with E-state index in [9.17, 15) is 28.3 Å². The lowest BCUT2D eigenvalue weighted by Crippen LogP contribution is -2.53. The molecule has 3 aromatic rings. The highest BCUT2D eigenvalue weighted by molar-refractivity contribution is 5.89. The average molecular weight is 559 g/mol. The first-order chi connectivity index (χ1) is 18.7. The van der Waals surface area contributed by atoms with Gasteiger partial charge in [0.25, 0.3) is 0 Å². The summed E-state index contributed by atoms with van der Waals surface area (Å²) in [7, 11) is 0. The van der Waals surface area contributed by atoms with Crippen LogP contribution in [0.1, 0.15) is 51.3 Å². The fraction of sp³-hybridized carbons (Fsp3) is 0.519. The van der Waals surface area contributed by atoms with Crippen LogP contribution in [0.2, 0.25) is 0 Å². The molecule has 2 fully saturated rings. The Bertz CT molecular complexity index is 1460. The Morgan fingerprint density at radius 2 is 2.02 bits per heavy atom. The van der Waals surface area contributed by atoms with Crippen LogP contribution in [0.25, 0.3) is 11.0 Å². The van der Waals surface area contributed by atoms with Crippen molar-refractivity contribution in [3.8, 4) is 6.07 Å². The Labute approximate surface area is 228 Å². The summed E-state index contributed by atoms with van der Waals surface area (Å²) in [5, 5.41) is 19.5. The molecule has 0 radical (unpaired) electrons. The molecule has 40 heavy (non-hydrogen) atoms. The normalized spacial score (nSPS) is 25.4. The number of benzene rings is 1. The van der Waals surface area contributed by atoms with E-state index in [-0.39, 0.29) is 31.7 Å². The molecule has 1 aliphatic carbocycles. The maximum atomic E-state index is 13.1. The van der Waals surface area contributed by atoms with Crippen molar-refractivity contribution in [3.63, 3.8) is 0 Å². The van der Waals surface area contributed by atoms with Gasteiger partial charge >= 0.3 is 12.3 Å². The molecule has 13 heteroatoms. The number of fused-ring (bicyclic) bond motifs is 1. The topological polar surface area (TPSA) is 126 Å². The van der Waals surface area contributed by atoms with E-state index in [0.29, 0.717) is 28.7 Å². The molecule has 3 atom stereocenters. The highest BCUT2D eigenvalue weighted by atomic mass is 19.4. The molecule has 1 amide bonds. The number of halogens is 3. The Balaban J connectivity index is 1.44. The maximum Gasteiger partial charge on any atom is 0.416 e. The van der Waals surface area contributed by atoms with E-state index < -0.39 is 41.6 Å². The summed E-state index contributed by atoms with van der Waals surface area (Å²) in [4.78, 5) is 27.2. The van der Waals surface area contributed by atoms with E-state index in [1.54, 1.807) is 42.9 Å². The molecule has 1 aliphatic heterocycles. The van der Waals surface area contributed by atoms with E-state index in [2.05, 4.69) is 21.0 Å². The second-order valence-corrected chi connectivity index (χ2v) is 11.4. The lowest BCUT2D eigenvalue weighted by atomic mass is 9.66. The monoisotopic (exact) mass is 558 g/mol. The third kappa shape index (κ3) is 5.46. The molecule has 2 aromatic heterocycles. The number of aliphatic hydroxyl groups is 1. The number of aromatic nitrogens is 4. The first-order valence-corrected chi connectivity index (χ1v) is 12.8. The number of anilines is 1. The Morgan fingerprint density at radius 3 is 2.67 bits per heavy atom. The molecule has 2 aliphatic rings. The molecule has 212 valence electrons. The molecule has 1 aromatic carbocycles. The molecular weight excluding hydrogens is 529 g/mol. The third-order valence-electron chi connectivity index (χ3n) is 7.61. The van der Waals surface area contributed by atoms with Crippen LogP contribution in [0.5, 0.6) is 0 Å². The summed E-state index contributed by atoms with van der Waals surface area (Å²) in [6.45, 7) is 3.93. The summed E-state index contributed by atoms with van der Waals surface area (Å²) in [5.74, 6) is 0.247. The van der Waals surface area contributed by atoms with Gasteiger partial charge in [-0.1, -0.05) is 6.92 Å². The molecule has 10 nitrogen and oxygen atoms in total. The van der Waals surface area contributed by atoms with Crippen molar-refractivity contribution in [2.75, 3.05) is 18.1 Å². The predicted octanol–water partition coefficient (Wildman–Crippen LogP) is 4.46. The van der Waals surface area contributed by atoms with Crippen LogP contribution >= 0.6 is 0 Å². The average Bonchev–Trinajstić information content (AvgIpc) is 3.41. The van der Waals surface area contributed by atoms with Crippen molar-refractivity contribution < 1.29 is 32.5 Å². The predicted molar refractivity (Wildman–Crippen MR) is 136 cm³/mol. The van der Waals surface area contributed by atoms with Crippen molar-refractivity contribution >= 4 is 22.9 Å². The number of ether oxygens (including phenoxy) is 2. The fourth-order valence-electron chi connectivity index (χ4n) is 5.76. The van der Waals surface area contributed by atoms with Gasteiger partial charge in [-0.25, -0.2) is 14.8 Å². The van der Waals surface area contributed by atoms with Gasteiger partial charge in [0.15, 0.2) is 5.82 Å². The number of amides is 1. The highest BCUT2D eigenvalue weighted by Crippen LogP contribution is 2.49. The largest absolute Gasteiger partial charge is 0.441 e. The number of nitriles is 1. The summed E-state index contributed by atoms with van der Waals surface area (Å²) in [5.41, 5.74) is -1.02. The van der Waals surface area contributed by atoms with E-state index in [4.69, 9.17) is 9.47 Å². The van der Waals surface area contributed by atoms with Crippen LogP contribution in [0.4, 0.5) is 23.8 Å². The van der Waals surface area contributed by atoms with Gasteiger partial charge in [-0.3, -0.25) is 9.88 Å². The van der Waals surface area contributed by atoms with Crippen LogP contribution in [0, 0.1) is 16.7 Å². The minimum absolute atomic E-state index is 0.132. The van der Waals surface area contributed by atoms with E-state index in [1.165, 1.54) is 17.3 Å². The van der Waals surface area contributed by atoms with Crippen LogP contribution in [-0.2, 0) is 21.6 Å². The molecule has 1 saturated heterocycles. The fourth-order valence-corrected chi connectivity index (χ4v) is 5.76. The van der Waals surface area contributed by atoms with Crippen LogP contribution in [-0.4, -0.2) is 61.8 Å². The van der Waals surface area contributed by atoms with Crippen molar-refractivity contribution in [1.29, 1.82) is 5.26 Å². The Morgan fingerprint density at radius 1 is 1.25 bits per heavy atom. The molecule has 1 saturated carbocycles. The van der Waals surface area contributed by atoms with Crippen LogP contribution in [0.15, 0.2) is 36.9 Å². The Hall–Kier alpha value is -3.76. The zero-order valence-electron chi connectivity index (χ0n) is 22.3. The highest BCUT2D eigenvalue weighted by Gasteiger charge is 2.56. The first-order valence-electron chi connectivity index (χ1n) is 12.8. The quantitative estimate of drug-likeness (QED) is 0.470. The molecular formula is C27H29F3N6O4. The summed E-state index contributed by atoms with van der Waals surface area (Å²) >= 11 is 0. The van der Waals surface area contributed by atoms with Gasteiger partial charge in [-0.2, -0.15) is 18.4 Å². The minimum Gasteiger partial charge on any atom is -0.441 e. The number of rotatable bonds is 6. The summed E-state index contributed by atoms with van der Waals surface area (Å²) in [6.07, 6.45) is -0.801. The van der Waals surface area contributed by atoms with Gasteiger partial charge in [0.1, 0.15) is 17.8 Å². The van der Waals surface area contributed by atoms with Crippen molar-refractivity contribution in [2.45, 2.75) is 70.1 Å². The third-order valence-corrected chi connectivity index (χ3v) is 7.61. The first kappa shape index (κ1) is 27.8. The molecule has 5 rings (SSSR count). The summed E-state index contributed by atoms with van der Waals surface area (Å²) < 4.78 is 52.6. The summed E-state index contributed by atoms with van der Waals surface area (Å²) in [6, 6.07) is 7.14. The van der Waals surface area contributed by atoms with Gasteiger partial charge in [-0.05, 0) is 51.3 Å². The number of hydrogen-bond donors (Lipinski definition) is 1. The second kappa shape index (κ2) is 9.71. The van der Waals surface area contributed by atoms with Crippen molar-refractivity contribution in [1.82, 2.24) is 19.5 Å². The van der Waals surface area contributed by atoms with Gasteiger partial charge in [0, 0.05) is 12.0 Å².